The van der Waals surface area contributed by atoms with Gasteiger partial charge in [-0.3, -0.25) is 37.5 Å². The molecule has 0 amide bonds. The lowest BCUT2D eigenvalue weighted by Gasteiger charge is -2.21. The highest BCUT2D eigenvalue weighted by atomic mass is 31.2. The smallest absolute Gasteiger partial charge is 0.352 e. The number of carbonyl (C=O) groups excluding carboxylic acids is 2. The largest absolute Gasteiger partial charge is 0.475 e. The first-order chi connectivity index (χ1) is 19.6. The summed E-state index contributed by atoms with van der Waals surface area (Å²) in [7, 11) is -4.40. The predicted octanol–water partition coefficient (Wildman–Crippen LogP) is 5.05. The fourth-order valence-electron chi connectivity index (χ4n) is 4.24. The number of aryl methyl sites for hydroxylation is 1. The van der Waals surface area contributed by atoms with Gasteiger partial charge in [0, 0.05) is 35.9 Å². The second kappa shape index (κ2) is 18.0. The Balaban J connectivity index is 2.09. The first kappa shape index (κ1) is 34.6. The van der Waals surface area contributed by atoms with Gasteiger partial charge < -0.3 is 4.74 Å². The molecule has 0 saturated carbocycles. The topological polar surface area (TPSA) is 192 Å². The van der Waals surface area contributed by atoms with E-state index in [4.69, 9.17) is 23.8 Å². The van der Waals surface area contributed by atoms with Gasteiger partial charge in [-0.25, -0.2) is 9.36 Å². The summed E-state index contributed by atoms with van der Waals surface area (Å²) in [4.78, 5) is 53.7. The van der Waals surface area contributed by atoms with Crippen molar-refractivity contribution in [3.05, 3.63) is 43.0 Å². The van der Waals surface area contributed by atoms with E-state index in [0.29, 0.717) is 12.8 Å². The number of hydrogen-bond donors (Lipinski definition) is 1. The minimum Gasteiger partial charge on any atom is -0.352 e. The third-order valence-corrected chi connectivity index (χ3v) is 8.00. The van der Waals surface area contributed by atoms with Crippen LogP contribution in [0.2, 0.25) is 0 Å². The number of azide groups is 1. The molecule has 0 aromatic carbocycles. The molecule has 2 rings (SSSR count). The molecule has 1 fully saturated rings. The average Bonchev–Trinajstić information content (AvgIpc) is 3.35. The quantitative estimate of drug-likeness (QED) is 0.0662. The van der Waals surface area contributed by atoms with Gasteiger partial charge in [0.15, 0.2) is 11.6 Å². The van der Waals surface area contributed by atoms with E-state index >= 15 is 0 Å². The molecule has 3 atom stereocenters. The number of rotatable bonds is 21. The number of phosphoric acid groups is 1. The molecule has 1 saturated heterocycles. The third-order valence-electron chi connectivity index (χ3n) is 6.64. The van der Waals surface area contributed by atoms with Gasteiger partial charge in [-0.2, -0.15) is 0 Å². The van der Waals surface area contributed by atoms with E-state index < -0.39 is 57.3 Å². The third kappa shape index (κ3) is 12.0. The first-order valence-corrected chi connectivity index (χ1v) is 15.7. The number of H-pyrrole nitrogens is 1. The molecule has 0 bridgehead atoms. The van der Waals surface area contributed by atoms with Crippen molar-refractivity contribution >= 4 is 19.4 Å². The van der Waals surface area contributed by atoms with E-state index in [9.17, 15) is 23.7 Å². The van der Waals surface area contributed by atoms with Crippen molar-refractivity contribution in [2.24, 2.45) is 5.11 Å². The van der Waals surface area contributed by atoms with Gasteiger partial charge in [0.2, 0.25) is 0 Å². The highest BCUT2D eigenvalue weighted by molar-refractivity contribution is 7.48. The molecule has 14 nitrogen and oxygen atoms in total. The number of Topliss-reactive ketones (excluding diaryl/α,β-unsaturated/α-hetero) is 2. The van der Waals surface area contributed by atoms with E-state index in [1.807, 2.05) is 0 Å². The molecule has 1 aromatic heterocycles. The summed E-state index contributed by atoms with van der Waals surface area (Å²) >= 11 is 0. The number of unbranched alkanes of at least 4 members (excludes halogenated alkanes) is 6. The molecule has 1 aliphatic heterocycles. The molecule has 0 radical (unpaired) electrons. The Morgan fingerprint density at radius 3 is 2.17 bits per heavy atom. The summed E-state index contributed by atoms with van der Waals surface area (Å²) in [6.07, 6.45) is 7.18. The predicted molar refractivity (Wildman–Crippen MR) is 151 cm³/mol. The normalized spacial score (nSPS) is 18.8. The van der Waals surface area contributed by atoms with Crippen LogP contribution < -0.4 is 11.2 Å². The van der Waals surface area contributed by atoms with Gasteiger partial charge in [-0.1, -0.05) is 57.5 Å². The van der Waals surface area contributed by atoms with Crippen molar-refractivity contribution in [1.82, 2.24) is 9.55 Å². The zero-order valence-electron chi connectivity index (χ0n) is 24.1. The summed E-state index contributed by atoms with van der Waals surface area (Å²) in [6, 6.07) is -0.821. The SMILES string of the molecule is CCCCCCC(=O)COP(=O)(OCC(=O)CCCCCC)OC[C@H]1O[C@@H](n2cc(C)c(=O)[nH]c2=O)C[C@@H]1N=[N+]=[N-]. The zero-order valence-corrected chi connectivity index (χ0v) is 25.0. The van der Waals surface area contributed by atoms with Crippen molar-refractivity contribution < 1.29 is 32.5 Å². The molecule has 0 spiro atoms. The van der Waals surface area contributed by atoms with Gasteiger partial charge >= 0.3 is 13.5 Å². The van der Waals surface area contributed by atoms with Crippen LogP contribution in [0.15, 0.2) is 20.9 Å². The molecule has 1 N–H and O–H groups in total. The van der Waals surface area contributed by atoms with Gasteiger partial charge in [0.25, 0.3) is 5.56 Å². The van der Waals surface area contributed by atoms with Crippen molar-refractivity contribution in [3.8, 4) is 0 Å². The second-order valence-corrected chi connectivity index (χ2v) is 11.8. The Bertz CT molecular complexity index is 1180. The molecule has 41 heavy (non-hydrogen) atoms. The molecule has 0 aliphatic carbocycles. The summed E-state index contributed by atoms with van der Waals surface area (Å²) < 4.78 is 36.6. The lowest BCUT2D eigenvalue weighted by molar-refractivity contribution is -0.122. The number of carbonyl (C=O) groups is 2. The second-order valence-electron chi connectivity index (χ2n) is 10.1. The van der Waals surface area contributed by atoms with Crippen LogP contribution >= 0.6 is 7.82 Å². The minimum atomic E-state index is -4.40. The van der Waals surface area contributed by atoms with E-state index in [1.165, 1.54) is 13.1 Å². The number of aromatic nitrogens is 2. The fourth-order valence-corrected chi connectivity index (χ4v) is 5.40. The maximum absolute atomic E-state index is 13.5. The van der Waals surface area contributed by atoms with E-state index in [1.54, 1.807) is 0 Å². The summed E-state index contributed by atoms with van der Waals surface area (Å²) in [5, 5.41) is 3.71. The fraction of sp³-hybridized carbons (Fsp3) is 0.769. The number of ketones is 2. The molecule has 2 heterocycles. The monoisotopic (exact) mass is 599 g/mol. The van der Waals surface area contributed by atoms with Gasteiger partial charge in [-0.15, -0.1) is 0 Å². The lowest BCUT2D eigenvalue weighted by Crippen LogP contribution is -2.33. The number of aromatic amines is 1. The van der Waals surface area contributed by atoms with Crippen LogP contribution in [-0.2, 0) is 32.5 Å². The molecular weight excluding hydrogens is 557 g/mol. The maximum atomic E-state index is 13.5. The van der Waals surface area contributed by atoms with Crippen LogP contribution in [0.25, 0.3) is 10.4 Å². The van der Waals surface area contributed by atoms with Gasteiger partial charge in [0.1, 0.15) is 19.4 Å². The first-order valence-electron chi connectivity index (χ1n) is 14.2. The van der Waals surface area contributed by atoms with Crippen LogP contribution in [0.1, 0.15) is 96.3 Å². The molecule has 1 aliphatic rings. The van der Waals surface area contributed by atoms with Crippen LogP contribution in [0, 0.1) is 6.92 Å². The van der Waals surface area contributed by atoms with Crippen molar-refractivity contribution in [1.29, 1.82) is 0 Å². The standard InChI is InChI=1S/C26H42N5O9P/c1-4-6-8-10-12-20(32)16-37-41(36,38-17-21(33)13-11-9-7-5-2)39-18-23-22(29-30-27)14-24(40-23)31-15-19(3)25(34)28-26(31)35/h15,22-24H,4-14,16-18H2,1-3H3,(H,28,34,35)/t22-,23+,24+/m0/s1. The maximum Gasteiger partial charge on any atom is 0.475 e. The minimum absolute atomic E-state index is 0.0714. The molecule has 1 aromatic rings. The summed E-state index contributed by atoms with van der Waals surface area (Å²) in [5.74, 6) is -0.562. The van der Waals surface area contributed by atoms with E-state index in [2.05, 4.69) is 28.9 Å². The van der Waals surface area contributed by atoms with E-state index in [0.717, 1.165) is 43.1 Å². The Hall–Kier alpha value is -2.60. The highest BCUT2D eigenvalue weighted by Crippen LogP contribution is 2.50. The molecular formula is C26H42N5O9P. The van der Waals surface area contributed by atoms with Crippen molar-refractivity contribution in [2.45, 2.75) is 110 Å². The van der Waals surface area contributed by atoms with Crippen LogP contribution in [-0.4, -0.2) is 53.1 Å². The number of ether oxygens (including phenoxy) is 1. The lowest BCUT2D eigenvalue weighted by atomic mass is 10.1. The van der Waals surface area contributed by atoms with Gasteiger partial charge in [0.05, 0.1) is 18.8 Å². The summed E-state index contributed by atoms with van der Waals surface area (Å²) in [5.41, 5.74) is 8.06. The Morgan fingerprint density at radius 1 is 1.05 bits per heavy atom. The van der Waals surface area contributed by atoms with Crippen LogP contribution in [0.3, 0.4) is 0 Å². The van der Waals surface area contributed by atoms with E-state index in [-0.39, 0.29) is 36.4 Å². The molecule has 230 valence electrons. The number of phosphoric ester groups is 1. The Kier molecular flexibility index (Phi) is 15.2. The molecule has 15 heteroatoms. The number of hydrogen-bond acceptors (Lipinski definition) is 10. The van der Waals surface area contributed by atoms with Gasteiger partial charge in [-0.05, 0) is 25.3 Å². The highest BCUT2D eigenvalue weighted by Gasteiger charge is 2.39. The summed E-state index contributed by atoms with van der Waals surface area (Å²) in [6.45, 7) is 4.16. The molecule has 0 unspecified atom stereocenters. The number of nitrogens with one attached hydrogen (secondary N) is 1. The number of nitrogens with zero attached hydrogens (tertiary/aromatic N) is 4. The van der Waals surface area contributed by atoms with Crippen molar-refractivity contribution in [2.75, 3.05) is 19.8 Å². The average molecular weight is 600 g/mol. The Labute approximate surface area is 239 Å². The van der Waals surface area contributed by atoms with Crippen LogP contribution in [0.4, 0.5) is 0 Å². The van der Waals surface area contributed by atoms with Crippen LogP contribution in [0.5, 0.6) is 0 Å². The zero-order chi connectivity index (χ0) is 30.3. The van der Waals surface area contributed by atoms with Crippen molar-refractivity contribution in [3.63, 3.8) is 0 Å². The Morgan fingerprint density at radius 2 is 1.63 bits per heavy atom.